The van der Waals surface area contributed by atoms with E-state index in [0.29, 0.717) is 32.0 Å². The van der Waals surface area contributed by atoms with Crippen LogP contribution in [0.2, 0.25) is 0 Å². The minimum atomic E-state index is -0.288. The van der Waals surface area contributed by atoms with Crippen molar-refractivity contribution in [3.05, 3.63) is 54.3 Å². The van der Waals surface area contributed by atoms with Gasteiger partial charge in [-0.25, -0.2) is 4.39 Å². The van der Waals surface area contributed by atoms with Crippen molar-refractivity contribution >= 4 is 28.4 Å². The van der Waals surface area contributed by atoms with Crippen LogP contribution in [0.1, 0.15) is 6.92 Å². The molecule has 28 heavy (non-hydrogen) atoms. The van der Waals surface area contributed by atoms with Gasteiger partial charge in [0.2, 0.25) is 5.91 Å². The van der Waals surface area contributed by atoms with Crippen LogP contribution in [-0.4, -0.2) is 52.6 Å². The molecule has 0 N–H and O–H groups in total. The zero-order chi connectivity index (χ0) is 19.5. The van der Waals surface area contributed by atoms with Gasteiger partial charge in [-0.15, -0.1) is 10.2 Å². The maximum absolute atomic E-state index is 13.3. The van der Waals surface area contributed by atoms with Gasteiger partial charge in [0.1, 0.15) is 16.5 Å². The average molecular weight is 397 g/mol. The molecule has 0 unspecified atom stereocenters. The fourth-order valence-electron chi connectivity index (χ4n) is 3.25. The molecule has 5 nitrogen and oxygen atoms in total. The molecule has 1 aliphatic rings. The van der Waals surface area contributed by atoms with E-state index in [1.165, 1.54) is 23.9 Å². The minimum Gasteiger partial charge on any atom is -0.378 e. The summed E-state index contributed by atoms with van der Waals surface area (Å²) in [6.07, 6.45) is 0. The lowest BCUT2D eigenvalue weighted by atomic mass is 10.1. The predicted octanol–water partition coefficient (Wildman–Crippen LogP) is 3.78. The summed E-state index contributed by atoms with van der Waals surface area (Å²) in [5.74, 6) is -0.203. The van der Waals surface area contributed by atoms with Crippen LogP contribution < -0.4 is 0 Å². The third kappa shape index (κ3) is 3.86. The summed E-state index contributed by atoms with van der Waals surface area (Å²) in [7, 11) is 0. The Morgan fingerprint density at radius 3 is 2.46 bits per heavy atom. The Morgan fingerprint density at radius 1 is 1.07 bits per heavy atom. The third-order valence-electron chi connectivity index (χ3n) is 4.73. The summed E-state index contributed by atoms with van der Waals surface area (Å²) in [6.45, 7) is 4.31. The number of nitrogens with zero attached hydrogens (tertiary/aromatic N) is 3. The molecular weight excluding hydrogens is 377 g/mol. The highest BCUT2D eigenvalue weighted by Crippen LogP contribution is 2.33. The number of hydrogen-bond acceptors (Lipinski definition) is 5. The second-order valence-electron chi connectivity index (χ2n) is 6.60. The molecule has 7 heteroatoms. The standard InChI is InChI=1S/C21H20FN3O2S/c1-14(21(26)25-10-12-27-13-11-25)28-20-18-5-3-2-4-17(18)19(23-24-20)15-6-8-16(22)9-7-15/h2-9,14H,10-13H2,1H3/t14-/m0/s1. The van der Waals surface area contributed by atoms with Gasteiger partial charge in [-0.05, 0) is 31.2 Å². The number of thioether (sulfide) groups is 1. The summed E-state index contributed by atoms with van der Waals surface area (Å²) in [6, 6.07) is 14.1. The van der Waals surface area contributed by atoms with Gasteiger partial charge < -0.3 is 9.64 Å². The summed E-state index contributed by atoms with van der Waals surface area (Å²) in [4.78, 5) is 14.6. The molecule has 1 aromatic heterocycles. The van der Waals surface area contributed by atoms with E-state index in [1.807, 2.05) is 36.1 Å². The van der Waals surface area contributed by atoms with Gasteiger partial charge in [-0.3, -0.25) is 4.79 Å². The van der Waals surface area contributed by atoms with E-state index in [9.17, 15) is 9.18 Å². The Labute approximate surface area is 166 Å². The normalized spacial score (nSPS) is 15.6. The third-order valence-corrected chi connectivity index (χ3v) is 5.81. The Morgan fingerprint density at radius 2 is 1.75 bits per heavy atom. The van der Waals surface area contributed by atoms with Crippen LogP contribution in [0.5, 0.6) is 0 Å². The number of morpholine rings is 1. The van der Waals surface area contributed by atoms with Crippen molar-refractivity contribution in [1.82, 2.24) is 15.1 Å². The molecule has 0 radical (unpaired) electrons. The predicted molar refractivity (Wildman–Crippen MR) is 108 cm³/mol. The number of carbonyl (C=O) groups is 1. The Hall–Kier alpha value is -2.51. The highest BCUT2D eigenvalue weighted by Gasteiger charge is 2.24. The second kappa shape index (κ2) is 8.24. The van der Waals surface area contributed by atoms with Crippen molar-refractivity contribution in [2.75, 3.05) is 26.3 Å². The van der Waals surface area contributed by atoms with Crippen molar-refractivity contribution in [2.45, 2.75) is 17.2 Å². The number of benzene rings is 2. The molecule has 1 saturated heterocycles. The monoisotopic (exact) mass is 397 g/mol. The van der Waals surface area contributed by atoms with E-state index < -0.39 is 0 Å². The molecule has 144 valence electrons. The van der Waals surface area contributed by atoms with Crippen LogP contribution in [0, 0.1) is 5.82 Å². The maximum atomic E-state index is 13.3. The van der Waals surface area contributed by atoms with Crippen LogP contribution in [-0.2, 0) is 9.53 Å². The highest BCUT2D eigenvalue weighted by atomic mass is 32.2. The lowest BCUT2D eigenvalue weighted by Gasteiger charge is -2.29. The van der Waals surface area contributed by atoms with Crippen molar-refractivity contribution < 1.29 is 13.9 Å². The fourth-order valence-corrected chi connectivity index (χ4v) is 4.22. The van der Waals surface area contributed by atoms with Gasteiger partial charge in [-0.2, -0.15) is 0 Å². The lowest BCUT2D eigenvalue weighted by Crippen LogP contribution is -2.44. The van der Waals surface area contributed by atoms with Crippen LogP contribution in [0.15, 0.2) is 53.6 Å². The molecule has 1 atom stereocenters. The molecule has 0 spiro atoms. The van der Waals surface area contributed by atoms with Gasteiger partial charge in [0.15, 0.2) is 0 Å². The van der Waals surface area contributed by atoms with Crippen molar-refractivity contribution in [1.29, 1.82) is 0 Å². The summed E-state index contributed by atoms with van der Waals surface area (Å²) in [5.41, 5.74) is 1.51. The van der Waals surface area contributed by atoms with E-state index in [1.54, 1.807) is 12.1 Å². The Balaban J connectivity index is 1.64. The first-order valence-corrected chi connectivity index (χ1v) is 10.1. The maximum Gasteiger partial charge on any atom is 0.235 e. The average Bonchev–Trinajstić information content (AvgIpc) is 2.75. The van der Waals surface area contributed by atoms with Crippen LogP contribution in [0.3, 0.4) is 0 Å². The first kappa shape index (κ1) is 18.8. The SMILES string of the molecule is C[C@H](Sc1nnc(-c2ccc(F)cc2)c2ccccc12)C(=O)N1CCOCC1. The topological polar surface area (TPSA) is 55.3 Å². The molecule has 0 aliphatic carbocycles. The van der Waals surface area contributed by atoms with Crippen molar-refractivity contribution in [3.63, 3.8) is 0 Å². The molecule has 3 aromatic rings. The fraction of sp³-hybridized carbons (Fsp3) is 0.286. The van der Waals surface area contributed by atoms with Gasteiger partial charge in [0, 0.05) is 29.4 Å². The first-order chi connectivity index (χ1) is 13.6. The molecule has 0 saturated carbocycles. The summed E-state index contributed by atoms with van der Waals surface area (Å²) >= 11 is 1.42. The van der Waals surface area contributed by atoms with Crippen LogP contribution in [0.25, 0.3) is 22.0 Å². The molecular formula is C21H20FN3O2S. The minimum absolute atomic E-state index is 0.0850. The zero-order valence-electron chi connectivity index (χ0n) is 15.5. The van der Waals surface area contributed by atoms with Gasteiger partial charge >= 0.3 is 0 Å². The van der Waals surface area contributed by atoms with E-state index in [-0.39, 0.29) is 17.0 Å². The number of halogens is 1. The van der Waals surface area contributed by atoms with E-state index in [2.05, 4.69) is 10.2 Å². The number of amides is 1. The largest absolute Gasteiger partial charge is 0.378 e. The number of hydrogen-bond donors (Lipinski definition) is 0. The van der Waals surface area contributed by atoms with Crippen LogP contribution in [0.4, 0.5) is 4.39 Å². The number of aromatic nitrogens is 2. The van der Waals surface area contributed by atoms with Crippen molar-refractivity contribution in [3.8, 4) is 11.3 Å². The Bertz CT molecular complexity index is 991. The van der Waals surface area contributed by atoms with Gasteiger partial charge in [-0.1, -0.05) is 36.0 Å². The summed E-state index contributed by atoms with van der Waals surface area (Å²) in [5, 5.41) is 11.1. The van der Waals surface area contributed by atoms with E-state index in [4.69, 9.17) is 4.74 Å². The number of fused-ring (bicyclic) bond motifs is 1. The number of rotatable bonds is 4. The molecule has 0 bridgehead atoms. The molecule has 1 fully saturated rings. The molecule has 2 heterocycles. The molecule has 4 rings (SSSR count). The van der Waals surface area contributed by atoms with E-state index >= 15 is 0 Å². The first-order valence-electron chi connectivity index (χ1n) is 9.18. The lowest BCUT2D eigenvalue weighted by molar-refractivity contribution is -0.134. The van der Waals surface area contributed by atoms with E-state index in [0.717, 1.165) is 21.4 Å². The number of carbonyl (C=O) groups excluding carboxylic acids is 1. The van der Waals surface area contributed by atoms with Gasteiger partial charge in [0.05, 0.1) is 18.5 Å². The highest BCUT2D eigenvalue weighted by molar-refractivity contribution is 8.00. The second-order valence-corrected chi connectivity index (χ2v) is 7.93. The van der Waals surface area contributed by atoms with Crippen LogP contribution >= 0.6 is 11.8 Å². The Kier molecular flexibility index (Phi) is 5.54. The smallest absolute Gasteiger partial charge is 0.235 e. The zero-order valence-corrected chi connectivity index (χ0v) is 16.3. The number of ether oxygens (including phenoxy) is 1. The molecule has 1 aliphatic heterocycles. The molecule has 2 aromatic carbocycles. The summed E-state index contributed by atoms with van der Waals surface area (Å²) < 4.78 is 18.6. The quantitative estimate of drug-likeness (QED) is 0.627. The molecule has 1 amide bonds. The van der Waals surface area contributed by atoms with Crippen molar-refractivity contribution in [2.24, 2.45) is 0 Å². The van der Waals surface area contributed by atoms with Gasteiger partial charge in [0.25, 0.3) is 0 Å².